The molecule has 5 nitrogen and oxygen atoms in total. The Bertz CT molecular complexity index is 630. The quantitative estimate of drug-likeness (QED) is 0.884. The second-order valence-electron chi connectivity index (χ2n) is 5.76. The highest BCUT2D eigenvalue weighted by Gasteiger charge is 2.40. The minimum atomic E-state index is -0.846. The van der Waals surface area contributed by atoms with Crippen LogP contribution in [0.5, 0.6) is 0 Å². The average molecular weight is 286 g/mol. The number of aliphatic hydroxyl groups is 1. The minimum absolute atomic E-state index is 0.223. The van der Waals surface area contributed by atoms with Crippen molar-refractivity contribution >= 4 is 5.91 Å². The highest BCUT2D eigenvalue weighted by Crippen LogP contribution is 2.39. The summed E-state index contributed by atoms with van der Waals surface area (Å²) in [5, 5.41) is 16.7. The Labute approximate surface area is 123 Å². The fourth-order valence-electron chi connectivity index (χ4n) is 2.32. The maximum Gasteiger partial charge on any atom is 0.273 e. The lowest BCUT2D eigenvalue weighted by molar-refractivity contribution is 0.0353. The number of carbonyl (C=O) groups is 1. The number of amides is 1. The van der Waals surface area contributed by atoms with E-state index in [0.717, 1.165) is 18.4 Å². The summed E-state index contributed by atoms with van der Waals surface area (Å²) in [7, 11) is 0. The number of hydrogen-bond donors (Lipinski definition) is 2. The van der Waals surface area contributed by atoms with E-state index in [-0.39, 0.29) is 24.1 Å². The van der Waals surface area contributed by atoms with Gasteiger partial charge in [-0.1, -0.05) is 35.5 Å². The molecule has 2 N–H and O–H groups in total. The van der Waals surface area contributed by atoms with E-state index in [0.29, 0.717) is 5.76 Å². The van der Waals surface area contributed by atoms with Crippen LogP contribution in [-0.4, -0.2) is 28.3 Å². The van der Waals surface area contributed by atoms with Crippen molar-refractivity contribution in [1.29, 1.82) is 0 Å². The van der Waals surface area contributed by atoms with Gasteiger partial charge in [-0.05, 0) is 25.7 Å². The Kier molecular flexibility index (Phi) is 3.51. The number of benzene rings is 1. The van der Waals surface area contributed by atoms with Gasteiger partial charge < -0.3 is 14.9 Å². The van der Waals surface area contributed by atoms with Crippen molar-refractivity contribution < 1.29 is 14.4 Å². The zero-order valence-corrected chi connectivity index (χ0v) is 11.9. The zero-order chi connectivity index (χ0) is 14.9. The number of nitrogens with zero attached hydrogens (tertiary/aromatic N) is 1. The molecule has 1 aromatic heterocycles. The van der Waals surface area contributed by atoms with Gasteiger partial charge in [0.2, 0.25) is 0 Å². The Morgan fingerprint density at radius 3 is 2.81 bits per heavy atom. The third-order valence-electron chi connectivity index (χ3n) is 3.86. The lowest BCUT2D eigenvalue weighted by Crippen LogP contribution is -2.42. The molecule has 1 aromatic carbocycles. The summed E-state index contributed by atoms with van der Waals surface area (Å²) in [6.07, 6.45) is 2.04. The van der Waals surface area contributed by atoms with Crippen molar-refractivity contribution in [2.75, 3.05) is 6.54 Å². The summed E-state index contributed by atoms with van der Waals surface area (Å²) in [6, 6.07) is 11.1. The highest BCUT2D eigenvalue weighted by molar-refractivity contribution is 5.93. The van der Waals surface area contributed by atoms with Crippen LogP contribution in [0.2, 0.25) is 0 Å². The average Bonchev–Trinajstić information content (AvgIpc) is 3.24. The summed E-state index contributed by atoms with van der Waals surface area (Å²) < 4.78 is 5.19. The summed E-state index contributed by atoms with van der Waals surface area (Å²) in [4.78, 5) is 12.0. The van der Waals surface area contributed by atoms with Crippen LogP contribution in [-0.2, 0) is 0 Å². The topological polar surface area (TPSA) is 75.4 Å². The summed E-state index contributed by atoms with van der Waals surface area (Å²) >= 11 is 0. The predicted molar refractivity (Wildman–Crippen MR) is 77.6 cm³/mol. The normalized spacial score (nSPS) is 17.2. The van der Waals surface area contributed by atoms with Crippen LogP contribution >= 0.6 is 0 Å². The summed E-state index contributed by atoms with van der Waals surface area (Å²) in [5.41, 5.74) is 0.247. The van der Waals surface area contributed by atoms with Crippen LogP contribution in [0.25, 0.3) is 11.3 Å². The highest BCUT2D eigenvalue weighted by atomic mass is 16.5. The molecular weight excluding hydrogens is 268 g/mol. The molecule has 3 rings (SSSR count). The van der Waals surface area contributed by atoms with Crippen molar-refractivity contribution in [3.63, 3.8) is 0 Å². The number of aromatic nitrogens is 1. The molecule has 0 aliphatic heterocycles. The minimum Gasteiger partial charge on any atom is -0.388 e. The third-order valence-corrected chi connectivity index (χ3v) is 3.86. The molecule has 1 atom stereocenters. The van der Waals surface area contributed by atoms with Crippen molar-refractivity contribution in [3.05, 3.63) is 42.1 Å². The first-order valence-electron chi connectivity index (χ1n) is 7.09. The zero-order valence-electron chi connectivity index (χ0n) is 11.9. The molecule has 1 saturated carbocycles. The molecule has 2 aromatic rings. The van der Waals surface area contributed by atoms with Crippen LogP contribution in [0.4, 0.5) is 0 Å². The number of hydrogen-bond acceptors (Lipinski definition) is 4. The first kappa shape index (κ1) is 13.8. The van der Waals surface area contributed by atoms with Gasteiger partial charge in [-0.2, -0.15) is 0 Å². The van der Waals surface area contributed by atoms with Gasteiger partial charge in [0.15, 0.2) is 11.5 Å². The molecule has 5 heteroatoms. The van der Waals surface area contributed by atoms with Gasteiger partial charge in [-0.3, -0.25) is 4.79 Å². The van der Waals surface area contributed by atoms with Gasteiger partial charge in [0, 0.05) is 18.2 Å². The molecule has 0 unspecified atom stereocenters. The van der Waals surface area contributed by atoms with E-state index in [9.17, 15) is 9.90 Å². The van der Waals surface area contributed by atoms with Crippen LogP contribution in [0.1, 0.15) is 30.3 Å². The van der Waals surface area contributed by atoms with E-state index in [2.05, 4.69) is 10.5 Å². The van der Waals surface area contributed by atoms with E-state index < -0.39 is 5.60 Å². The lowest BCUT2D eigenvalue weighted by Gasteiger charge is -2.22. The molecule has 1 fully saturated rings. The van der Waals surface area contributed by atoms with E-state index in [1.807, 2.05) is 30.3 Å². The molecule has 0 radical (unpaired) electrons. The Hall–Kier alpha value is -2.14. The van der Waals surface area contributed by atoms with Gasteiger partial charge >= 0.3 is 0 Å². The molecule has 21 heavy (non-hydrogen) atoms. The fourth-order valence-corrected chi connectivity index (χ4v) is 2.32. The Morgan fingerprint density at radius 2 is 2.14 bits per heavy atom. The summed E-state index contributed by atoms with van der Waals surface area (Å²) in [6.45, 7) is 1.98. The second kappa shape index (κ2) is 5.33. The molecule has 0 bridgehead atoms. The van der Waals surface area contributed by atoms with Gasteiger partial charge in [-0.15, -0.1) is 0 Å². The summed E-state index contributed by atoms with van der Waals surface area (Å²) in [5.74, 6) is 0.506. The van der Waals surface area contributed by atoms with Crippen LogP contribution in [0.3, 0.4) is 0 Å². The monoisotopic (exact) mass is 286 g/mol. The lowest BCUT2D eigenvalue weighted by atomic mass is 10.0. The van der Waals surface area contributed by atoms with Crippen LogP contribution < -0.4 is 5.32 Å². The maximum atomic E-state index is 12.0. The number of nitrogens with one attached hydrogen (secondary N) is 1. The van der Waals surface area contributed by atoms with Crippen LogP contribution in [0.15, 0.2) is 40.9 Å². The standard InChI is InChI=1S/C16H18N2O3/c1-16(20,12-7-8-12)10-17-15(19)13-9-14(21-18-13)11-5-3-2-4-6-11/h2-6,9,12,20H,7-8,10H2,1H3,(H,17,19)/t16-/m1/s1. The first-order valence-corrected chi connectivity index (χ1v) is 7.09. The molecule has 0 saturated heterocycles. The number of rotatable bonds is 5. The van der Waals surface area contributed by atoms with E-state index >= 15 is 0 Å². The van der Waals surface area contributed by atoms with Crippen LogP contribution in [0, 0.1) is 5.92 Å². The second-order valence-corrected chi connectivity index (χ2v) is 5.76. The molecular formula is C16H18N2O3. The van der Waals surface area contributed by atoms with Gasteiger partial charge in [0.25, 0.3) is 5.91 Å². The van der Waals surface area contributed by atoms with Gasteiger partial charge in [0.1, 0.15) is 0 Å². The van der Waals surface area contributed by atoms with Gasteiger partial charge in [-0.25, -0.2) is 0 Å². The smallest absolute Gasteiger partial charge is 0.273 e. The molecule has 1 amide bonds. The van der Waals surface area contributed by atoms with Crippen molar-refractivity contribution in [1.82, 2.24) is 10.5 Å². The molecule has 1 aliphatic carbocycles. The van der Waals surface area contributed by atoms with E-state index in [4.69, 9.17) is 4.52 Å². The van der Waals surface area contributed by atoms with E-state index in [1.165, 1.54) is 0 Å². The fraction of sp³-hybridized carbons (Fsp3) is 0.375. The molecule has 110 valence electrons. The first-order chi connectivity index (χ1) is 10.1. The largest absolute Gasteiger partial charge is 0.388 e. The molecule has 1 aliphatic rings. The van der Waals surface area contributed by atoms with Crippen molar-refractivity contribution in [3.8, 4) is 11.3 Å². The van der Waals surface area contributed by atoms with Gasteiger partial charge in [0.05, 0.1) is 5.60 Å². The maximum absolute atomic E-state index is 12.0. The third kappa shape index (κ3) is 3.13. The van der Waals surface area contributed by atoms with Crippen molar-refractivity contribution in [2.45, 2.75) is 25.4 Å². The SMILES string of the molecule is C[C@@](O)(CNC(=O)c1cc(-c2ccccc2)on1)C1CC1. The van der Waals surface area contributed by atoms with E-state index in [1.54, 1.807) is 13.0 Å². The predicted octanol–water partition coefficient (Wildman–Crippen LogP) is 2.23. The Balaban J connectivity index is 1.64. The number of carbonyl (C=O) groups excluding carboxylic acids is 1. The Morgan fingerprint density at radius 1 is 1.43 bits per heavy atom. The van der Waals surface area contributed by atoms with Crippen molar-refractivity contribution in [2.24, 2.45) is 5.92 Å². The molecule has 0 spiro atoms. The molecule has 1 heterocycles.